The van der Waals surface area contributed by atoms with Crippen molar-refractivity contribution in [2.75, 3.05) is 25.4 Å². The molecule has 0 radical (unpaired) electrons. The van der Waals surface area contributed by atoms with E-state index in [1.54, 1.807) is 0 Å². The van der Waals surface area contributed by atoms with Crippen LogP contribution in [0.1, 0.15) is 30.7 Å². The molecule has 0 unspecified atom stereocenters. The van der Waals surface area contributed by atoms with Crippen LogP contribution >= 0.6 is 23.1 Å². The number of amides is 1. The van der Waals surface area contributed by atoms with Crippen molar-refractivity contribution in [3.05, 3.63) is 21.9 Å². The number of hydrogen-bond acceptors (Lipinski definition) is 4. The fraction of sp³-hybridized carbons (Fsp3) is 0.688. The molecular weight excluding hydrogens is 300 g/mol. The zero-order valence-corrected chi connectivity index (χ0v) is 14.5. The molecule has 3 rings (SSSR count). The lowest BCUT2D eigenvalue weighted by Crippen LogP contribution is -2.46. The number of nitrogens with zero attached hydrogens (tertiary/aromatic N) is 2. The van der Waals surface area contributed by atoms with Gasteiger partial charge < -0.3 is 4.90 Å². The summed E-state index contributed by atoms with van der Waals surface area (Å²) >= 11 is 3.88. The van der Waals surface area contributed by atoms with E-state index in [1.165, 1.54) is 16.2 Å². The van der Waals surface area contributed by atoms with Crippen molar-refractivity contribution in [1.82, 2.24) is 9.80 Å². The molecule has 0 aromatic carbocycles. The van der Waals surface area contributed by atoms with Crippen molar-refractivity contribution in [3.63, 3.8) is 0 Å². The van der Waals surface area contributed by atoms with Crippen molar-refractivity contribution in [3.8, 4) is 0 Å². The molecule has 2 aliphatic rings. The average Bonchev–Trinajstić information content (AvgIpc) is 2.96. The molecule has 116 valence electrons. The third-order valence-corrected chi connectivity index (χ3v) is 7.15. The Kier molecular flexibility index (Phi) is 4.92. The highest BCUT2D eigenvalue weighted by atomic mass is 32.2. The van der Waals surface area contributed by atoms with E-state index in [2.05, 4.69) is 30.2 Å². The van der Waals surface area contributed by atoms with E-state index in [1.807, 2.05) is 28.0 Å². The molecule has 21 heavy (non-hydrogen) atoms. The quantitative estimate of drug-likeness (QED) is 0.854. The van der Waals surface area contributed by atoms with Crippen molar-refractivity contribution in [2.45, 2.75) is 44.5 Å². The molecule has 0 spiro atoms. The van der Waals surface area contributed by atoms with Crippen LogP contribution in [0.2, 0.25) is 0 Å². The zero-order chi connectivity index (χ0) is 14.8. The summed E-state index contributed by atoms with van der Waals surface area (Å²) in [6.07, 6.45) is 1.70. The molecule has 3 heterocycles. The minimum atomic E-state index is 0.324. The Morgan fingerprint density at radius 1 is 1.38 bits per heavy atom. The molecule has 0 N–H and O–H groups in total. The minimum absolute atomic E-state index is 0.324. The van der Waals surface area contributed by atoms with Gasteiger partial charge in [0.25, 0.3) is 0 Å². The highest BCUT2D eigenvalue weighted by molar-refractivity contribution is 8.00. The Labute approximate surface area is 135 Å². The second-order valence-corrected chi connectivity index (χ2v) is 8.52. The van der Waals surface area contributed by atoms with Crippen LogP contribution < -0.4 is 0 Å². The Balaban J connectivity index is 1.51. The summed E-state index contributed by atoms with van der Waals surface area (Å²) in [5.41, 5.74) is 1.36. The summed E-state index contributed by atoms with van der Waals surface area (Å²) in [6, 6.07) is 2.76. The van der Waals surface area contributed by atoms with Crippen LogP contribution in [-0.2, 0) is 17.8 Å². The number of hydrogen-bond donors (Lipinski definition) is 0. The topological polar surface area (TPSA) is 23.6 Å². The van der Waals surface area contributed by atoms with E-state index >= 15 is 0 Å². The fourth-order valence-corrected chi connectivity index (χ4v) is 5.22. The minimum Gasteiger partial charge on any atom is -0.338 e. The van der Waals surface area contributed by atoms with E-state index in [-0.39, 0.29) is 0 Å². The lowest BCUT2D eigenvalue weighted by Gasteiger charge is -2.37. The van der Waals surface area contributed by atoms with Crippen LogP contribution in [0.25, 0.3) is 0 Å². The normalized spacial score (nSPS) is 26.7. The molecule has 0 bridgehead atoms. The molecule has 1 amide bonds. The average molecular weight is 325 g/mol. The van der Waals surface area contributed by atoms with Crippen LogP contribution in [0.4, 0.5) is 0 Å². The zero-order valence-electron chi connectivity index (χ0n) is 12.9. The standard InChI is InChI=1S/C16H24N2OS2/c1-12-13(2)20-10-8-17(12)7-4-16(19)18-6-3-15-14(11-18)5-9-21-15/h5,9,12-13H,3-4,6-8,10-11H2,1-2H3/t12-,13+/m1/s1. The maximum atomic E-state index is 12.5. The van der Waals surface area contributed by atoms with Gasteiger partial charge in [-0.3, -0.25) is 9.69 Å². The van der Waals surface area contributed by atoms with Gasteiger partial charge in [-0.05, 0) is 30.4 Å². The molecule has 1 saturated heterocycles. The third kappa shape index (κ3) is 3.46. The molecule has 0 saturated carbocycles. The Morgan fingerprint density at radius 2 is 2.24 bits per heavy atom. The monoisotopic (exact) mass is 324 g/mol. The molecule has 5 heteroatoms. The molecule has 1 fully saturated rings. The number of rotatable bonds is 3. The molecule has 1 aromatic rings. The molecular formula is C16H24N2OS2. The maximum absolute atomic E-state index is 12.5. The first kappa shape index (κ1) is 15.4. The van der Waals surface area contributed by atoms with Gasteiger partial charge >= 0.3 is 0 Å². The maximum Gasteiger partial charge on any atom is 0.224 e. The van der Waals surface area contributed by atoms with Crippen LogP contribution in [0.5, 0.6) is 0 Å². The number of thiophene rings is 1. The summed E-state index contributed by atoms with van der Waals surface area (Å²) in [6.45, 7) is 8.34. The Hall–Kier alpha value is -0.520. The van der Waals surface area contributed by atoms with Crippen molar-refractivity contribution < 1.29 is 4.79 Å². The predicted octanol–water partition coefficient (Wildman–Crippen LogP) is 2.85. The lowest BCUT2D eigenvalue weighted by atomic mass is 10.1. The highest BCUT2D eigenvalue weighted by Gasteiger charge is 2.27. The van der Waals surface area contributed by atoms with Crippen molar-refractivity contribution in [2.24, 2.45) is 0 Å². The summed E-state index contributed by atoms with van der Waals surface area (Å²) in [4.78, 5) is 18.5. The van der Waals surface area contributed by atoms with E-state index in [0.29, 0.717) is 23.6 Å². The lowest BCUT2D eigenvalue weighted by molar-refractivity contribution is -0.132. The van der Waals surface area contributed by atoms with Gasteiger partial charge in [-0.15, -0.1) is 11.3 Å². The van der Waals surface area contributed by atoms with Gasteiger partial charge in [-0.2, -0.15) is 11.8 Å². The van der Waals surface area contributed by atoms with Gasteiger partial charge in [-0.1, -0.05) is 6.92 Å². The number of fused-ring (bicyclic) bond motifs is 1. The largest absolute Gasteiger partial charge is 0.338 e. The van der Waals surface area contributed by atoms with Gasteiger partial charge in [0.05, 0.1) is 0 Å². The van der Waals surface area contributed by atoms with Crippen LogP contribution in [-0.4, -0.2) is 52.4 Å². The number of carbonyl (C=O) groups is 1. The highest BCUT2D eigenvalue weighted by Crippen LogP contribution is 2.26. The smallest absolute Gasteiger partial charge is 0.224 e. The molecule has 1 aromatic heterocycles. The van der Waals surface area contributed by atoms with Gasteiger partial charge in [-0.25, -0.2) is 0 Å². The van der Waals surface area contributed by atoms with Crippen molar-refractivity contribution in [1.29, 1.82) is 0 Å². The number of carbonyl (C=O) groups excluding carboxylic acids is 1. The van der Waals surface area contributed by atoms with Gasteiger partial charge in [0, 0.05) is 54.5 Å². The van der Waals surface area contributed by atoms with E-state index in [9.17, 15) is 4.79 Å². The predicted molar refractivity (Wildman–Crippen MR) is 91.0 cm³/mol. The summed E-state index contributed by atoms with van der Waals surface area (Å²) in [5.74, 6) is 1.52. The van der Waals surface area contributed by atoms with Crippen LogP contribution in [0.3, 0.4) is 0 Å². The van der Waals surface area contributed by atoms with Gasteiger partial charge in [0.2, 0.25) is 5.91 Å². The summed E-state index contributed by atoms with van der Waals surface area (Å²) in [7, 11) is 0. The van der Waals surface area contributed by atoms with Gasteiger partial charge in [0.1, 0.15) is 0 Å². The van der Waals surface area contributed by atoms with Crippen LogP contribution in [0.15, 0.2) is 11.4 Å². The van der Waals surface area contributed by atoms with E-state index < -0.39 is 0 Å². The Morgan fingerprint density at radius 3 is 3.10 bits per heavy atom. The van der Waals surface area contributed by atoms with Crippen molar-refractivity contribution >= 4 is 29.0 Å². The first-order valence-corrected chi connectivity index (χ1v) is 9.76. The van der Waals surface area contributed by atoms with E-state index in [0.717, 1.165) is 32.6 Å². The second-order valence-electron chi connectivity index (χ2n) is 6.04. The third-order valence-electron chi connectivity index (χ3n) is 4.79. The second kappa shape index (κ2) is 6.71. The molecule has 2 aliphatic heterocycles. The molecule has 0 aliphatic carbocycles. The van der Waals surface area contributed by atoms with Gasteiger partial charge in [0.15, 0.2) is 0 Å². The fourth-order valence-electron chi connectivity index (χ4n) is 3.17. The molecule has 2 atom stereocenters. The summed E-state index contributed by atoms with van der Waals surface area (Å²) in [5, 5.41) is 2.82. The van der Waals surface area contributed by atoms with Crippen LogP contribution in [0, 0.1) is 0 Å². The SMILES string of the molecule is C[C@@H]1SCCN(CCC(=O)N2CCc3sccc3C2)[C@@H]1C. The van der Waals surface area contributed by atoms with E-state index in [4.69, 9.17) is 0 Å². The first-order chi connectivity index (χ1) is 10.1. The Bertz CT molecular complexity index is 502. The molecule has 3 nitrogen and oxygen atoms in total. The first-order valence-electron chi connectivity index (χ1n) is 7.84. The number of thioether (sulfide) groups is 1. The summed E-state index contributed by atoms with van der Waals surface area (Å²) < 4.78 is 0.